The maximum absolute atomic E-state index is 12.0. The van der Waals surface area contributed by atoms with Gasteiger partial charge in [0.1, 0.15) is 5.75 Å². The summed E-state index contributed by atoms with van der Waals surface area (Å²) in [5, 5.41) is 2.83. The second-order valence-electron chi connectivity index (χ2n) is 4.97. The lowest BCUT2D eigenvalue weighted by molar-refractivity contribution is 0.0921. The molecule has 0 heterocycles. The maximum atomic E-state index is 12.0. The van der Waals surface area contributed by atoms with E-state index in [1.807, 2.05) is 13.8 Å². The number of carbonyl (C=O) groups excluding carboxylic acids is 1. The van der Waals surface area contributed by atoms with Crippen molar-refractivity contribution in [1.29, 1.82) is 0 Å². The summed E-state index contributed by atoms with van der Waals surface area (Å²) >= 11 is 11.6. The van der Waals surface area contributed by atoms with Crippen molar-refractivity contribution in [2.24, 2.45) is 0 Å². The number of carbonyl (C=O) groups is 1. The second-order valence-corrected chi connectivity index (χ2v) is 5.51. The largest absolute Gasteiger partial charge is 0.491 e. The minimum absolute atomic E-state index is 0.107. The van der Waals surface area contributed by atoms with Crippen molar-refractivity contribution < 1.29 is 9.53 Å². The van der Waals surface area contributed by atoms with Crippen molar-refractivity contribution in [3.8, 4) is 5.75 Å². The molecule has 1 aromatic rings. The minimum atomic E-state index is -0.604. The molecular formula is C14H19Cl2NO2. The molecule has 1 aromatic carbocycles. The van der Waals surface area contributed by atoms with Gasteiger partial charge in [0.05, 0.1) is 11.6 Å². The van der Waals surface area contributed by atoms with Gasteiger partial charge in [-0.15, -0.1) is 23.2 Å². The van der Waals surface area contributed by atoms with Gasteiger partial charge in [0, 0.05) is 17.3 Å². The highest BCUT2D eigenvalue weighted by Crippen LogP contribution is 2.15. The van der Waals surface area contributed by atoms with E-state index in [4.69, 9.17) is 27.9 Å². The fourth-order valence-electron chi connectivity index (χ4n) is 1.41. The number of alkyl halides is 2. The molecular weight excluding hydrogens is 285 g/mol. The van der Waals surface area contributed by atoms with E-state index in [2.05, 4.69) is 5.32 Å². The van der Waals surface area contributed by atoms with E-state index in [1.54, 1.807) is 31.2 Å². The van der Waals surface area contributed by atoms with E-state index in [0.717, 1.165) is 5.75 Å². The molecule has 1 rings (SSSR count). The summed E-state index contributed by atoms with van der Waals surface area (Å²) in [7, 11) is 0. The first-order chi connectivity index (χ1) is 8.90. The highest BCUT2D eigenvalue weighted by Gasteiger charge is 2.24. The molecule has 0 fully saturated rings. The van der Waals surface area contributed by atoms with Crippen molar-refractivity contribution in [2.75, 3.05) is 11.8 Å². The molecule has 0 radical (unpaired) electrons. The third-order valence-corrected chi connectivity index (χ3v) is 3.67. The summed E-state index contributed by atoms with van der Waals surface area (Å²) in [6.45, 7) is 5.71. The van der Waals surface area contributed by atoms with Crippen molar-refractivity contribution >= 4 is 29.1 Å². The smallest absolute Gasteiger partial charge is 0.251 e. The van der Waals surface area contributed by atoms with Crippen LogP contribution < -0.4 is 10.1 Å². The maximum Gasteiger partial charge on any atom is 0.251 e. The van der Waals surface area contributed by atoms with Crippen LogP contribution in [0.5, 0.6) is 5.75 Å². The third kappa shape index (κ3) is 4.92. The molecule has 5 heteroatoms. The third-order valence-electron chi connectivity index (χ3n) is 2.49. The van der Waals surface area contributed by atoms with Crippen LogP contribution in [-0.2, 0) is 0 Å². The van der Waals surface area contributed by atoms with Crippen LogP contribution in [0.1, 0.15) is 31.1 Å². The molecule has 0 unspecified atom stereocenters. The quantitative estimate of drug-likeness (QED) is 0.818. The van der Waals surface area contributed by atoms with Crippen molar-refractivity contribution in [3.63, 3.8) is 0 Å². The fourth-order valence-corrected chi connectivity index (χ4v) is 1.83. The average Bonchev–Trinajstić information content (AvgIpc) is 2.38. The summed E-state index contributed by atoms with van der Waals surface area (Å²) in [5.41, 5.74) is -0.0506. The van der Waals surface area contributed by atoms with Crippen LogP contribution in [0.15, 0.2) is 24.3 Å². The normalized spacial score (nSPS) is 11.5. The molecule has 106 valence electrons. The first-order valence-electron chi connectivity index (χ1n) is 6.11. The lowest BCUT2D eigenvalue weighted by Gasteiger charge is -2.25. The van der Waals surface area contributed by atoms with Gasteiger partial charge >= 0.3 is 0 Å². The molecule has 1 N–H and O–H groups in total. The van der Waals surface area contributed by atoms with Gasteiger partial charge in [0.25, 0.3) is 5.91 Å². The van der Waals surface area contributed by atoms with Gasteiger partial charge in [-0.3, -0.25) is 4.79 Å². The second kappa shape index (κ2) is 7.01. The number of hydrogen-bond donors (Lipinski definition) is 1. The Morgan fingerprint density at radius 3 is 2.21 bits per heavy atom. The zero-order valence-corrected chi connectivity index (χ0v) is 12.9. The molecule has 1 amide bonds. The molecule has 19 heavy (non-hydrogen) atoms. The van der Waals surface area contributed by atoms with E-state index in [1.165, 1.54) is 0 Å². The number of ether oxygens (including phenoxy) is 1. The number of rotatable bonds is 6. The Labute approximate surface area is 124 Å². The van der Waals surface area contributed by atoms with Crippen LogP contribution in [0, 0.1) is 0 Å². The molecule has 0 saturated carbocycles. The summed E-state index contributed by atoms with van der Waals surface area (Å²) in [5.74, 6) is 1.07. The van der Waals surface area contributed by atoms with Gasteiger partial charge in [0.15, 0.2) is 0 Å². The molecule has 0 spiro atoms. The van der Waals surface area contributed by atoms with E-state index < -0.39 is 5.54 Å². The molecule has 0 aromatic heterocycles. The fraction of sp³-hybridized carbons (Fsp3) is 0.500. The van der Waals surface area contributed by atoms with Gasteiger partial charge in [-0.25, -0.2) is 0 Å². The molecule has 0 saturated heterocycles. The zero-order chi connectivity index (χ0) is 14.5. The first kappa shape index (κ1) is 16.1. The Morgan fingerprint density at radius 1 is 1.26 bits per heavy atom. The van der Waals surface area contributed by atoms with E-state index in [0.29, 0.717) is 5.56 Å². The van der Waals surface area contributed by atoms with Crippen molar-refractivity contribution in [1.82, 2.24) is 5.32 Å². The van der Waals surface area contributed by atoms with Crippen molar-refractivity contribution in [2.45, 2.75) is 32.4 Å². The summed E-state index contributed by atoms with van der Waals surface area (Å²) in [4.78, 5) is 12.0. The number of nitrogens with one attached hydrogen (secondary N) is 1. The first-order valence-corrected chi connectivity index (χ1v) is 7.18. The Hall–Kier alpha value is -0.930. The Kier molecular flexibility index (Phi) is 5.95. The van der Waals surface area contributed by atoms with E-state index in [-0.39, 0.29) is 23.8 Å². The van der Waals surface area contributed by atoms with Crippen LogP contribution in [-0.4, -0.2) is 29.3 Å². The lowest BCUT2D eigenvalue weighted by Crippen LogP contribution is -2.49. The molecule has 0 bridgehead atoms. The van der Waals surface area contributed by atoms with Gasteiger partial charge in [-0.2, -0.15) is 0 Å². The molecule has 0 atom stereocenters. The predicted octanol–water partition coefficient (Wildman–Crippen LogP) is 3.44. The van der Waals surface area contributed by atoms with Crippen LogP contribution >= 0.6 is 23.2 Å². The van der Waals surface area contributed by atoms with Crippen LogP contribution in [0.2, 0.25) is 0 Å². The minimum Gasteiger partial charge on any atom is -0.491 e. The van der Waals surface area contributed by atoms with Gasteiger partial charge < -0.3 is 10.1 Å². The van der Waals surface area contributed by atoms with Crippen molar-refractivity contribution in [3.05, 3.63) is 29.8 Å². The predicted molar refractivity (Wildman–Crippen MR) is 79.5 cm³/mol. The van der Waals surface area contributed by atoms with E-state index in [9.17, 15) is 4.79 Å². The summed E-state index contributed by atoms with van der Waals surface area (Å²) in [6.07, 6.45) is 0.107. The Morgan fingerprint density at radius 2 is 1.79 bits per heavy atom. The number of benzene rings is 1. The highest BCUT2D eigenvalue weighted by molar-refractivity contribution is 6.22. The molecule has 0 aliphatic heterocycles. The van der Waals surface area contributed by atoms with Gasteiger partial charge in [-0.1, -0.05) is 0 Å². The van der Waals surface area contributed by atoms with E-state index >= 15 is 0 Å². The number of amides is 1. The monoisotopic (exact) mass is 303 g/mol. The molecule has 0 aliphatic carbocycles. The average molecular weight is 304 g/mol. The Bertz CT molecular complexity index is 414. The van der Waals surface area contributed by atoms with Gasteiger partial charge in [-0.05, 0) is 45.0 Å². The highest BCUT2D eigenvalue weighted by atomic mass is 35.5. The topological polar surface area (TPSA) is 38.3 Å². The summed E-state index contributed by atoms with van der Waals surface area (Å²) in [6, 6.07) is 6.98. The molecule has 0 aliphatic rings. The molecule has 3 nitrogen and oxygen atoms in total. The number of hydrogen-bond acceptors (Lipinski definition) is 2. The Balaban J connectivity index is 2.73. The zero-order valence-electron chi connectivity index (χ0n) is 11.4. The van der Waals surface area contributed by atoms with Crippen LogP contribution in [0.4, 0.5) is 0 Å². The van der Waals surface area contributed by atoms with Crippen LogP contribution in [0.3, 0.4) is 0 Å². The lowest BCUT2D eigenvalue weighted by atomic mass is 10.1. The van der Waals surface area contributed by atoms with Gasteiger partial charge in [0.2, 0.25) is 0 Å². The SMILES string of the molecule is CC(C)Oc1ccc(C(=O)NC(C)(CCl)CCl)cc1. The standard InChI is InChI=1S/C14H19Cl2NO2/c1-10(2)19-12-6-4-11(5-7-12)13(18)17-14(3,8-15)9-16/h4-7,10H,8-9H2,1-3H3,(H,17,18). The number of halogens is 2. The summed E-state index contributed by atoms with van der Waals surface area (Å²) < 4.78 is 5.52. The van der Waals surface area contributed by atoms with Crippen LogP contribution in [0.25, 0.3) is 0 Å².